The van der Waals surface area contributed by atoms with Gasteiger partial charge in [-0.3, -0.25) is 24.4 Å². The van der Waals surface area contributed by atoms with Gasteiger partial charge in [0.15, 0.2) is 5.78 Å². The van der Waals surface area contributed by atoms with Crippen LogP contribution in [0.3, 0.4) is 0 Å². The number of Topliss-reactive ketones (excluding diaryl/α,β-unsaturated/α-hetero) is 1. The SMILES string of the molecule is Cn1cc(C(=O)N2CCC[C@@H](C(=O)c3ccccn3)C2)c(=O)[nH]c1=O. The molecule has 1 saturated heterocycles. The van der Waals surface area contributed by atoms with E-state index in [4.69, 9.17) is 0 Å². The zero-order chi connectivity index (χ0) is 18.0. The van der Waals surface area contributed by atoms with E-state index in [-0.39, 0.29) is 23.8 Å². The lowest BCUT2D eigenvalue weighted by molar-refractivity contribution is 0.0633. The summed E-state index contributed by atoms with van der Waals surface area (Å²) in [5, 5.41) is 0. The zero-order valence-electron chi connectivity index (χ0n) is 13.8. The number of nitrogens with zero attached hydrogens (tertiary/aromatic N) is 3. The van der Waals surface area contributed by atoms with E-state index in [2.05, 4.69) is 9.97 Å². The quantitative estimate of drug-likeness (QED) is 0.803. The maximum atomic E-state index is 12.7. The molecule has 2 aromatic rings. The van der Waals surface area contributed by atoms with Crippen LogP contribution in [0.5, 0.6) is 0 Å². The second-order valence-corrected chi connectivity index (χ2v) is 6.08. The summed E-state index contributed by atoms with van der Waals surface area (Å²) in [7, 11) is 1.46. The molecule has 130 valence electrons. The second kappa shape index (κ2) is 6.84. The lowest BCUT2D eigenvalue weighted by Gasteiger charge is -2.31. The molecule has 0 saturated carbocycles. The molecule has 2 aromatic heterocycles. The van der Waals surface area contributed by atoms with Crippen LogP contribution in [0.15, 0.2) is 40.2 Å². The van der Waals surface area contributed by atoms with Crippen LogP contribution in [-0.4, -0.2) is 44.2 Å². The lowest BCUT2D eigenvalue weighted by Crippen LogP contribution is -2.45. The first-order chi connectivity index (χ1) is 12.0. The molecule has 8 heteroatoms. The maximum Gasteiger partial charge on any atom is 0.328 e. The first-order valence-electron chi connectivity index (χ1n) is 8.02. The number of ketones is 1. The van der Waals surface area contributed by atoms with Crippen LogP contribution in [0.25, 0.3) is 0 Å². The zero-order valence-corrected chi connectivity index (χ0v) is 13.8. The van der Waals surface area contributed by atoms with Crippen molar-refractivity contribution in [3.63, 3.8) is 0 Å². The van der Waals surface area contributed by atoms with Crippen LogP contribution in [0.2, 0.25) is 0 Å². The predicted molar refractivity (Wildman–Crippen MR) is 89.5 cm³/mol. The minimum absolute atomic E-state index is 0.104. The van der Waals surface area contributed by atoms with Crippen molar-refractivity contribution in [2.75, 3.05) is 13.1 Å². The number of H-pyrrole nitrogens is 1. The van der Waals surface area contributed by atoms with E-state index in [0.717, 1.165) is 4.57 Å². The van der Waals surface area contributed by atoms with Gasteiger partial charge >= 0.3 is 5.69 Å². The standard InChI is InChI=1S/C17H18N4O4/c1-20-10-12(15(23)19-17(20)25)16(24)21-8-4-5-11(9-21)14(22)13-6-2-3-7-18-13/h2-3,6-7,10-11H,4-5,8-9H2,1H3,(H,19,23,25)/t11-/m1/s1. The van der Waals surface area contributed by atoms with Gasteiger partial charge in [0, 0.05) is 38.4 Å². The van der Waals surface area contributed by atoms with Gasteiger partial charge < -0.3 is 9.47 Å². The summed E-state index contributed by atoms with van der Waals surface area (Å²) >= 11 is 0. The summed E-state index contributed by atoms with van der Waals surface area (Å²) in [5.41, 5.74) is -1.02. The molecular weight excluding hydrogens is 324 g/mol. The average Bonchev–Trinajstić information content (AvgIpc) is 2.64. The number of aromatic amines is 1. The highest BCUT2D eigenvalue weighted by Crippen LogP contribution is 2.21. The van der Waals surface area contributed by atoms with E-state index >= 15 is 0 Å². The van der Waals surface area contributed by atoms with E-state index < -0.39 is 17.2 Å². The van der Waals surface area contributed by atoms with Crippen LogP contribution >= 0.6 is 0 Å². The molecule has 8 nitrogen and oxygen atoms in total. The van der Waals surface area contributed by atoms with Gasteiger partial charge in [-0.05, 0) is 25.0 Å². The van der Waals surface area contributed by atoms with Gasteiger partial charge in [0.25, 0.3) is 11.5 Å². The number of rotatable bonds is 3. The minimum atomic E-state index is -0.716. The molecule has 1 atom stereocenters. The Labute approximate surface area is 143 Å². The normalized spacial score (nSPS) is 17.3. The molecular formula is C17H18N4O4. The third kappa shape index (κ3) is 3.42. The number of aryl methyl sites for hydroxylation is 1. The molecule has 1 aliphatic rings. The van der Waals surface area contributed by atoms with Crippen LogP contribution in [0.1, 0.15) is 33.7 Å². The molecule has 0 unspecified atom stereocenters. The van der Waals surface area contributed by atoms with Gasteiger partial charge in [-0.15, -0.1) is 0 Å². The second-order valence-electron chi connectivity index (χ2n) is 6.08. The number of likely N-dealkylation sites (tertiary alicyclic amines) is 1. The summed E-state index contributed by atoms with van der Waals surface area (Å²) in [6.45, 7) is 0.698. The highest BCUT2D eigenvalue weighted by atomic mass is 16.2. The Morgan fingerprint density at radius 1 is 1.28 bits per heavy atom. The number of aromatic nitrogens is 3. The number of hydrogen-bond acceptors (Lipinski definition) is 5. The van der Waals surface area contributed by atoms with Crippen molar-refractivity contribution in [1.29, 1.82) is 0 Å². The van der Waals surface area contributed by atoms with Crippen molar-refractivity contribution in [3.05, 3.63) is 62.7 Å². The molecule has 0 aromatic carbocycles. The molecule has 1 amide bonds. The fourth-order valence-electron chi connectivity index (χ4n) is 2.98. The third-order valence-corrected chi connectivity index (χ3v) is 4.34. The average molecular weight is 342 g/mol. The van der Waals surface area contributed by atoms with Crippen molar-refractivity contribution >= 4 is 11.7 Å². The van der Waals surface area contributed by atoms with E-state index in [1.54, 1.807) is 24.4 Å². The van der Waals surface area contributed by atoms with E-state index in [9.17, 15) is 19.2 Å². The van der Waals surface area contributed by atoms with E-state index in [1.165, 1.54) is 18.1 Å². The molecule has 1 aliphatic heterocycles. The van der Waals surface area contributed by atoms with E-state index in [1.807, 2.05) is 0 Å². The number of hydrogen-bond donors (Lipinski definition) is 1. The molecule has 0 bridgehead atoms. The number of nitrogens with one attached hydrogen (secondary N) is 1. The summed E-state index contributed by atoms with van der Waals surface area (Å²) in [4.78, 5) is 56.2. The van der Waals surface area contributed by atoms with Gasteiger partial charge in [-0.2, -0.15) is 0 Å². The molecule has 3 heterocycles. The van der Waals surface area contributed by atoms with Crippen LogP contribution in [0, 0.1) is 5.92 Å². The molecule has 1 N–H and O–H groups in total. The highest BCUT2D eigenvalue weighted by molar-refractivity contribution is 5.97. The Morgan fingerprint density at radius 3 is 2.80 bits per heavy atom. The molecule has 1 fully saturated rings. The summed E-state index contributed by atoms with van der Waals surface area (Å²) in [5.74, 6) is -0.929. The van der Waals surface area contributed by atoms with Gasteiger partial charge in [-0.1, -0.05) is 6.07 Å². The number of pyridine rings is 1. The van der Waals surface area contributed by atoms with Gasteiger partial charge in [0.1, 0.15) is 11.3 Å². The first kappa shape index (κ1) is 16.8. The number of carbonyl (C=O) groups is 2. The minimum Gasteiger partial charge on any atom is -0.338 e. The molecule has 0 aliphatic carbocycles. The predicted octanol–water partition coefficient (Wildman–Crippen LogP) is 0.204. The van der Waals surface area contributed by atoms with E-state index in [0.29, 0.717) is 25.1 Å². The van der Waals surface area contributed by atoms with Gasteiger partial charge in [0.05, 0.1) is 0 Å². The summed E-state index contributed by atoms with van der Waals surface area (Å²) in [6.07, 6.45) is 4.12. The molecule has 0 spiro atoms. The molecule has 3 rings (SSSR count). The number of amides is 1. The number of carbonyl (C=O) groups excluding carboxylic acids is 2. The van der Waals surface area contributed by atoms with Crippen molar-refractivity contribution in [3.8, 4) is 0 Å². The van der Waals surface area contributed by atoms with Crippen molar-refractivity contribution in [2.24, 2.45) is 13.0 Å². The maximum absolute atomic E-state index is 12.7. The van der Waals surface area contributed by atoms with Gasteiger partial charge in [0.2, 0.25) is 0 Å². The largest absolute Gasteiger partial charge is 0.338 e. The fourth-order valence-corrected chi connectivity index (χ4v) is 2.98. The summed E-state index contributed by atoms with van der Waals surface area (Å²) < 4.78 is 1.15. The Balaban J connectivity index is 1.81. The smallest absolute Gasteiger partial charge is 0.328 e. The Kier molecular flexibility index (Phi) is 4.60. The van der Waals surface area contributed by atoms with Crippen LogP contribution in [0.4, 0.5) is 0 Å². The molecule has 25 heavy (non-hydrogen) atoms. The Hall–Kier alpha value is -3.03. The van der Waals surface area contributed by atoms with Crippen LogP contribution in [-0.2, 0) is 7.05 Å². The lowest BCUT2D eigenvalue weighted by atomic mass is 9.91. The molecule has 0 radical (unpaired) electrons. The van der Waals surface area contributed by atoms with Crippen LogP contribution < -0.4 is 11.2 Å². The highest BCUT2D eigenvalue weighted by Gasteiger charge is 2.31. The van der Waals surface area contributed by atoms with Crippen molar-refractivity contribution in [1.82, 2.24) is 19.4 Å². The third-order valence-electron chi connectivity index (χ3n) is 4.34. The topological polar surface area (TPSA) is 105 Å². The fraction of sp³-hybridized carbons (Fsp3) is 0.353. The monoisotopic (exact) mass is 342 g/mol. The van der Waals surface area contributed by atoms with Crippen molar-refractivity contribution in [2.45, 2.75) is 12.8 Å². The van der Waals surface area contributed by atoms with Crippen molar-refractivity contribution < 1.29 is 9.59 Å². The first-order valence-corrected chi connectivity index (χ1v) is 8.02. The van der Waals surface area contributed by atoms with Gasteiger partial charge in [-0.25, -0.2) is 4.79 Å². The summed E-state index contributed by atoms with van der Waals surface area (Å²) in [6, 6.07) is 5.14. The number of piperidine rings is 1. The Bertz CT molecular complexity index is 916. The Morgan fingerprint density at radius 2 is 2.08 bits per heavy atom.